The van der Waals surface area contributed by atoms with Gasteiger partial charge in [0.05, 0.1) is 0 Å². The van der Waals surface area contributed by atoms with Crippen LogP contribution in [0.15, 0.2) is 160 Å². The molecule has 48 heavy (non-hydrogen) atoms. The summed E-state index contributed by atoms with van der Waals surface area (Å²) < 4.78 is 12.8. The highest BCUT2D eigenvalue weighted by atomic mass is 16.3. The van der Waals surface area contributed by atoms with Crippen molar-refractivity contribution < 1.29 is 8.83 Å². The molecule has 0 aliphatic carbocycles. The molecule has 0 radical (unpaired) electrons. The van der Waals surface area contributed by atoms with Crippen LogP contribution in [0.1, 0.15) is 0 Å². The lowest BCUT2D eigenvalue weighted by molar-refractivity contribution is 0.669. The van der Waals surface area contributed by atoms with Gasteiger partial charge in [-0.2, -0.15) is 0 Å². The molecular weight excluding hydrogens is 590 g/mol. The first-order valence-electron chi connectivity index (χ1n) is 15.9. The van der Waals surface area contributed by atoms with Crippen molar-refractivity contribution in [1.82, 2.24) is 15.0 Å². The van der Waals surface area contributed by atoms with E-state index in [1.165, 1.54) is 0 Å². The molecule has 0 unspecified atom stereocenters. The second kappa shape index (κ2) is 10.5. The van der Waals surface area contributed by atoms with Crippen LogP contribution in [0.25, 0.3) is 99.9 Å². The van der Waals surface area contributed by atoms with E-state index >= 15 is 0 Å². The maximum atomic E-state index is 6.68. The second-order valence-electron chi connectivity index (χ2n) is 12.0. The topological polar surface area (TPSA) is 65.0 Å². The van der Waals surface area contributed by atoms with Crippen LogP contribution in [0, 0.1) is 0 Å². The number of para-hydroxylation sites is 1. The average molecular weight is 616 g/mol. The lowest BCUT2D eigenvalue weighted by Crippen LogP contribution is -2.00. The molecule has 0 saturated carbocycles. The number of furan rings is 2. The van der Waals surface area contributed by atoms with E-state index in [0.717, 1.165) is 82.5 Å². The molecule has 0 spiro atoms. The van der Waals surface area contributed by atoms with Crippen LogP contribution in [-0.4, -0.2) is 15.0 Å². The first-order valence-corrected chi connectivity index (χ1v) is 15.9. The van der Waals surface area contributed by atoms with E-state index in [1.807, 2.05) is 84.9 Å². The third-order valence-corrected chi connectivity index (χ3v) is 9.13. The van der Waals surface area contributed by atoms with Gasteiger partial charge in [-0.05, 0) is 46.8 Å². The highest BCUT2D eigenvalue weighted by Crippen LogP contribution is 2.43. The van der Waals surface area contributed by atoms with Gasteiger partial charge < -0.3 is 8.83 Å². The molecule has 3 aromatic heterocycles. The molecule has 10 aromatic rings. The smallest absolute Gasteiger partial charge is 0.164 e. The minimum atomic E-state index is 0.594. The van der Waals surface area contributed by atoms with Crippen molar-refractivity contribution in [3.8, 4) is 45.3 Å². The number of rotatable bonds is 4. The Balaban J connectivity index is 1.26. The molecule has 0 aliphatic heterocycles. The maximum absolute atomic E-state index is 6.68. The zero-order chi connectivity index (χ0) is 31.6. The fraction of sp³-hybridized carbons (Fsp3) is 0. The Morgan fingerprint density at radius 3 is 1.69 bits per heavy atom. The Morgan fingerprint density at radius 1 is 0.333 bits per heavy atom. The maximum Gasteiger partial charge on any atom is 0.164 e. The standard InChI is InChI=1S/C43H25N3O2/c1-3-12-26(13-4-1)41-44-42(27-14-5-2-6-15-27)46-43(45-41)32-19-11-21-38-39(32)35-25-33(29-16-7-8-18-31(29)40(35)48-38)28-22-23-37-34(24-28)30-17-9-10-20-36(30)47-37/h1-25H. The zero-order valence-corrected chi connectivity index (χ0v) is 25.6. The van der Waals surface area contributed by atoms with E-state index in [1.54, 1.807) is 0 Å². The summed E-state index contributed by atoms with van der Waals surface area (Å²) in [7, 11) is 0. The summed E-state index contributed by atoms with van der Waals surface area (Å²) in [6.07, 6.45) is 0. The van der Waals surface area contributed by atoms with E-state index in [4.69, 9.17) is 23.8 Å². The third-order valence-electron chi connectivity index (χ3n) is 9.13. The van der Waals surface area contributed by atoms with E-state index in [2.05, 4.69) is 66.7 Å². The van der Waals surface area contributed by atoms with Gasteiger partial charge in [-0.25, -0.2) is 15.0 Å². The van der Waals surface area contributed by atoms with Crippen molar-refractivity contribution in [3.63, 3.8) is 0 Å². The van der Waals surface area contributed by atoms with Gasteiger partial charge in [0.25, 0.3) is 0 Å². The Bertz CT molecular complexity index is 2780. The Kier molecular flexibility index (Phi) is 5.81. The molecular formula is C43H25N3O2. The van der Waals surface area contributed by atoms with Crippen LogP contribution >= 0.6 is 0 Å². The Morgan fingerprint density at radius 2 is 0.938 bits per heavy atom. The lowest BCUT2D eigenvalue weighted by Gasteiger charge is -2.10. The van der Waals surface area contributed by atoms with Crippen LogP contribution in [0.5, 0.6) is 0 Å². The second-order valence-corrected chi connectivity index (χ2v) is 12.0. The monoisotopic (exact) mass is 615 g/mol. The fourth-order valence-corrected chi connectivity index (χ4v) is 6.90. The van der Waals surface area contributed by atoms with Crippen molar-refractivity contribution in [2.75, 3.05) is 0 Å². The Labute approximate surface area is 274 Å². The number of nitrogens with zero attached hydrogens (tertiary/aromatic N) is 3. The minimum absolute atomic E-state index is 0.594. The van der Waals surface area contributed by atoms with Crippen LogP contribution in [-0.2, 0) is 0 Å². The van der Waals surface area contributed by atoms with Gasteiger partial charge in [-0.3, -0.25) is 0 Å². The summed E-state index contributed by atoms with van der Waals surface area (Å²) in [4.78, 5) is 15.0. The van der Waals surface area contributed by atoms with E-state index in [0.29, 0.717) is 17.5 Å². The van der Waals surface area contributed by atoms with E-state index in [9.17, 15) is 0 Å². The molecule has 0 amide bonds. The van der Waals surface area contributed by atoms with Gasteiger partial charge >= 0.3 is 0 Å². The molecule has 0 bridgehead atoms. The first-order chi connectivity index (χ1) is 23.8. The summed E-state index contributed by atoms with van der Waals surface area (Å²) >= 11 is 0. The summed E-state index contributed by atoms with van der Waals surface area (Å²) in [5, 5.41) is 6.35. The zero-order valence-electron chi connectivity index (χ0n) is 25.6. The molecule has 0 saturated heterocycles. The van der Waals surface area contributed by atoms with Gasteiger partial charge in [-0.15, -0.1) is 0 Å². The highest BCUT2D eigenvalue weighted by Gasteiger charge is 2.21. The average Bonchev–Trinajstić information content (AvgIpc) is 3.73. The molecule has 0 fully saturated rings. The van der Waals surface area contributed by atoms with E-state index < -0.39 is 0 Å². The molecule has 5 nitrogen and oxygen atoms in total. The molecule has 10 rings (SSSR count). The van der Waals surface area contributed by atoms with Gasteiger partial charge in [0, 0.05) is 43.6 Å². The number of hydrogen-bond donors (Lipinski definition) is 0. The first kappa shape index (κ1) is 26.6. The molecule has 0 atom stereocenters. The molecule has 0 aliphatic rings. The molecule has 0 N–H and O–H groups in total. The van der Waals surface area contributed by atoms with Crippen LogP contribution < -0.4 is 0 Å². The number of benzene rings is 7. The van der Waals surface area contributed by atoms with Crippen molar-refractivity contribution in [2.45, 2.75) is 0 Å². The Hall–Kier alpha value is -6.59. The van der Waals surface area contributed by atoms with Gasteiger partial charge in [0.1, 0.15) is 22.3 Å². The largest absolute Gasteiger partial charge is 0.456 e. The van der Waals surface area contributed by atoms with Crippen LogP contribution in [0.3, 0.4) is 0 Å². The van der Waals surface area contributed by atoms with Crippen molar-refractivity contribution in [1.29, 1.82) is 0 Å². The fourth-order valence-electron chi connectivity index (χ4n) is 6.90. The highest BCUT2D eigenvalue weighted by molar-refractivity contribution is 6.22. The van der Waals surface area contributed by atoms with Crippen LogP contribution in [0.4, 0.5) is 0 Å². The number of fused-ring (bicyclic) bond motifs is 8. The normalized spacial score (nSPS) is 11.8. The van der Waals surface area contributed by atoms with Gasteiger partial charge in [-0.1, -0.05) is 121 Å². The molecule has 224 valence electrons. The molecule has 7 aromatic carbocycles. The number of hydrogen-bond acceptors (Lipinski definition) is 5. The summed E-state index contributed by atoms with van der Waals surface area (Å²) in [6, 6.07) is 51.6. The molecule has 3 heterocycles. The van der Waals surface area contributed by atoms with Gasteiger partial charge in [0.2, 0.25) is 0 Å². The summed E-state index contributed by atoms with van der Waals surface area (Å²) in [5.74, 6) is 1.84. The lowest BCUT2D eigenvalue weighted by atomic mass is 9.93. The van der Waals surface area contributed by atoms with Gasteiger partial charge in [0.15, 0.2) is 17.5 Å². The quantitative estimate of drug-likeness (QED) is 0.197. The number of aromatic nitrogens is 3. The predicted molar refractivity (Wildman–Crippen MR) is 194 cm³/mol. The SMILES string of the molecule is c1ccc(-c2nc(-c3ccccc3)nc(-c3cccc4oc5c6ccccc6c(-c6ccc7oc8ccccc8c7c6)cc5c34)n2)cc1. The third kappa shape index (κ3) is 4.15. The van der Waals surface area contributed by atoms with Crippen molar-refractivity contribution >= 4 is 54.6 Å². The van der Waals surface area contributed by atoms with Crippen LogP contribution in [0.2, 0.25) is 0 Å². The van der Waals surface area contributed by atoms with Crippen molar-refractivity contribution in [2.24, 2.45) is 0 Å². The van der Waals surface area contributed by atoms with E-state index in [-0.39, 0.29) is 0 Å². The summed E-state index contributed by atoms with van der Waals surface area (Å²) in [5.41, 5.74) is 8.36. The van der Waals surface area contributed by atoms with Crippen molar-refractivity contribution in [3.05, 3.63) is 152 Å². The minimum Gasteiger partial charge on any atom is -0.456 e. The molecule has 5 heteroatoms. The summed E-state index contributed by atoms with van der Waals surface area (Å²) in [6.45, 7) is 0. The predicted octanol–water partition coefficient (Wildman–Crippen LogP) is 11.5.